The molecule has 1 unspecified atom stereocenters. The first kappa shape index (κ1) is 29.0. The van der Waals surface area contributed by atoms with Crippen molar-refractivity contribution in [3.63, 3.8) is 0 Å². The van der Waals surface area contributed by atoms with E-state index in [0.29, 0.717) is 17.9 Å². The molecule has 4 rings (SSSR count). The Morgan fingerprint density at radius 2 is 1.70 bits per heavy atom. The van der Waals surface area contributed by atoms with E-state index in [0.717, 1.165) is 53.2 Å². The zero-order valence-electron chi connectivity index (χ0n) is 21.5. The number of hydrogen-bond acceptors (Lipinski definition) is 5. The van der Waals surface area contributed by atoms with Crippen molar-refractivity contribution in [2.24, 2.45) is 0 Å². The van der Waals surface area contributed by atoms with Crippen LogP contribution in [0.4, 0.5) is 23.4 Å². The summed E-state index contributed by atoms with van der Waals surface area (Å²) in [5, 5.41) is 10.6. The van der Waals surface area contributed by atoms with Crippen LogP contribution in [0.25, 0.3) is 10.8 Å². The molecule has 0 saturated carbocycles. The van der Waals surface area contributed by atoms with E-state index in [2.05, 4.69) is 9.72 Å². The number of alkyl halides is 3. The van der Waals surface area contributed by atoms with Crippen molar-refractivity contribution in [3.05, 3.63) is 101 Å². The molecule has 210 valence electrons. The minimum atomic E-state index is -4.92. The molecule has 0 aliphatic rings. The molecule has 1 heterocycles. The molecule has 1 aromatic heterocycles. The summed E-state index contributed by atoms with van der Waals surface area (Å²) in [5.41, 5.74) is -3.28. The number of carboxylic acid groups (broad SMARTS) is 1. The molecule has 40 heavy (non-hydrogen) atoms. The van der Waals surface area contributed by atoms with E-state index in [4.69, 9.17) is 0 Å². The Bertz CT molecular complexity index is 1690. The molecule has 0 aliphatic heterocycles. The lowest BCUT2D eigenvalue weighted by molar-refractivity contribution is -0.270. The molecule has 3 aromatic carbocycles. The van der Waals surface area contributed by atoms with Crippen LogP contribution < -0.4 is 4.31 Å². The lowest BCUT2D eigenvalue weighted by atomic mass is 9.93. The number of carbonyl (C=O) groups is 1. The van der Waals surface area contributed by atoms with Crippen molar-refractivity contribution in [1.82, 2.24) is 4.98 Å². The zero-order chi connectivity index (χ0) is 29.5. The lowest BCUT2D eigenvalue weighted by Gasteiger charge is -2.31. The van der Waals surface area contributed by atoms with Gasteiger partial charge in [-0.05, 0) is 55.1 Å². The zero-order valence-corrected chi connectivity index (χ0v) is 22.3. The van der Waals surface area contributed by atoms with E-state index in [-0.39, 0.29) is 21.8 Å². The summed E-state index contributed by atoms with van der Waals surface area (Å²) in [6.45, 7) is 1.88. The monoisotopic (exact) mass is 576 g/mol. The largest absolute Gasteiger partial charge is 0.478 e. The summed E-state index contributed by atoms with van der Waals surface area (Å²) < 4.78 is 89.4. The van der Waals surface area contributed by atoms with Crippen LogP contribution >= 0.6 is 0 Å². The Morgan fingerprint density at radius 3 is 2.27 bits per heavy atom. The number of fused-ring (bicyclic) bond motifs is 1. The van der Waals surface area contributed by atoms with Gasteiger partial charge in [0.05, 0.1) is 17.0 Å². The van der Waals surface area contributed by atoms with Crippen LogP contribution in [0, 0.1) is 12.7 Å². The van der Waals surface area contributed by atoms with Crippen molar-refractivity contribution in [3.8, 4) is 0 Å². The normalized spacial score (nSPS) is 13.7. The Balaban J connectivity index is 1.85. The van der Waals surface area contributed by atoms with E-state index in [9.17, 15) is 31.5 Å². The third-order valence-corrected chi connectivity index (χ3v) is 8.52. The molecule has 0 saturated heterocycles. The molecule has 0 bridgehead atoms. The van der Waals surface area contributed by atoms with E-state index in [1.54, 1.807) is 31.2 Å². The number of benzene rings is 3. The van der Waals surface area contributed by atoms with Gasteiger partial charge in [0.15, 0.2) is 5.60 Å². The van der Waals surface area contributed by atoms with Crippen LogP contribution in [-0.4, -0.2) is 37.8 Å². The van der Waals surface area contributed by atoms with Crippen LogP contribution in [0.2, 0.25) is 0 Å². The van der Waals surface area contributed by atoms with Crippen LogP contribution in [0.15, 0.2) is 77.8 Å². The maximum atomic E-state index is 15.1. The highest BCUT2D eigenvalue weighted by atomic mass is 32.2. The number of methoxy groups -OCH3 is 1. The molecular formula is C28H24F4N2O5S. The fourth-order valence-electron chi connectivity index (χ4n) is 4.31. The van der Waals surface area contributed by atoms with E-state index in [1.807, 2.05) is 0 Å². The van der Waals surface area contributed by atoms with Gasteiger partial charge in [-0.1, -0.05) is 36.4 Å². The number of halogens is 4. The average Bonchev–Trinajstić information content (AvgIpc) is 2.91. The fraction of sp³-hybridized carbons (Fsp3) is 0.214. The highest BCUT2D eigenvalue weighted by Crippen LogP contribution is 2.42. The summed E-state index contributed by atoms with van der Waals surface area (Å²) in [6.07, 6.45) is -3.45. The van der Waals surface area contributed by atoms with Gasteiger partial charge < -0.3 is 9.84 Å². The van der Waals surface area contributed by atoms with Crippen molar-refractivity contribution in [2.75, 3.05) is 11.4 Å². The smallest absolute Gasteiger partial charge is 0.421 e. The standard InChI is InChI=1S/C28H24F4N2O5S/c1-17-22-7-5-4-6-20(22)15-33-25(17)34(40(37,38)21-11-9-19(10-12-21)26(35)36)16-18-8-13-23(24(29)14-18)27(2,39-3)28(30,31)32/h4-15H,16H2,1-3H3,(H,35,36). The number of rotatable bonds is 8. The molecule has 1 N–H and O–H groups in total. The average molecular weight is 577 g/mol. The number of aryl methyl sites for hydroxylation is 1. The van der Waals surface area contributed by atoms with Crippen LogP contribution in [0.3, 0.4) is 0 Å². The summed E-state index contributed by atoms with van der Waals surface area (Å²) in [4.78, 5) is 15.4. The highest BCUT2D eigenvalue weighted by Gasteiger charge is 2.54. The number of pyridine rings is 1. The maximum Gasteiger partial charge on any atom is 0.421 e. The summed E-state index contributed by atoms with van der Waals surface area (Å²) in [6, 6.07) is 14.6. The minimum Gasteiger partial charge on any atom is -0.478 e. The molecule has 0 amide bonds. The van der Waals surface area contributed by atoms with Gasteiger partial charge in [0.25, 0.3) is 10.0 Å². The highest BCUT2D eigenvalue weighted by molar-refractivity contribution is 7.92. The van der Waals surface area contributed by atoms with Crippen molar-refractivity contribution in [1.29, 1.82) is 0 Å². The van der Waals surface area contributed by atoms with Gasteiger partial charge in [0.2, 0.25) is 0 Å². The van der Waals surface area contributed by atoms with Gasteiger partial charge in [-0.3, -0.25) is 0 Å². The number of ether oxygens (including phenoxy) is 1. The van der Waals surface area contributed by atoms with Crippen molar-refractivity contribution < 1.29 is 40.6 Å². The number of sulfonamides is 1. The third-order valence-electron chi connectivity index (χ3n) is 6.77. The lowest BCUT2D eigenvalue weighted by Crippen LogP contribution is -2.42. The van der Waals surface area contributed by atoms with Gasteiger partial charge in [-0.15, -0.1) is 0 Å². The number of anilines is 1. The molecule has 0 aliphatic carbocycles. The molecular weight excluding hydrogens is 552 g/mol. The number of hydrogen-bond donors (Lipinski definition) is 1. The van der Waals surface area contributed by atoms with Crippen molar-refractivity contribution >= 4 is 32.6 Å². The van der Waals surface area contributed by atoms with Crippen LogP contribution in [0.1, 0.15) is 34.0 Å². The topological polar surface area (TPSA) is 96.8 Å². The Labute approximate surface area is 227 Å². The molecule has 1 atom stereocenters. The summed E-state index contributed by atoms with van der Waals surface area (Å²) >= 11 is 0. The van der Waals surface area contributed by atoms with Crippen molar-refractivity contribution in [2.45, 2.75) is 37.1 Å². The minimum absolute atomic E-state index is 0.0162. The molecule has 0 spiro atoms. The molecule has 0 radical (unpaired) electrons. The maximum absolute atomic E-state index is 15.1. The SMILES string of the molecule is COC(C)(c1ccc(CN(c2ncc3ccccc3c2C)S(=O)(=O)c2ccc(C(=O)O)cc2)cc1F)C(F)(F)F. The van der Waals surface area contributed by atoms with Gasteiger partial charge in [-0.25, -0.2) is 26.9 Å². The van der Waals surface area contributed by atoms with Crippen LogP contribution in [-0.2, 0) is 26.9 Å². The Morgan fingerprint density at radius 1 is 1.05 bits per heavy atom. The van der Waals surface area contributed by atoms with Gasteiger partial charge in [-0.2, -0.15) is 13.2 Å². The third kappa shape index (κ3) is 5.11. The molecule has 7 nitrogen and oxygen atoms in total. The molecule has 0 fully saturated rings. The van der Waals surface area contributed by atoms with E-state index < -0.39 is 45.7 Å². The van der Waals surface area contributed by atoms with Gasteiger partial charge in [0, 0.05) is 29.8 Å². The Hall–Kier alpha value is -4.03. The number of aromatic nitrogens is 1. The first-order valence-corrected chi connectivity index (χ1v) is 13.3. The van der Waals surface area contributed by atoms with Gasteiger partial charge >= 0.3 is 12.1 Å². The predicted octanol–water partition coefficient (Wildman–Crippen LogP) is 6.20. The van der Waals surface area contributed by atoms with Gasteiger partial charge in [0.1, 0.15) is 11.6 Å². The first-order chi connectivity index (χ1) is 18.7. The summed E-state index contributed by atoms with van der Waals surface area (Å²) in [7, 11) is -3.60. The molecule has 4 aromatic rings. The molecule has 12 heteroatoms. The predicted molar refractivity (Wildman–Crippen MR) is 140 cm³/mol. The Kier molecular flexibility index (Phi) is 7.61. The summed E-state index contributed by atoms with van der Waals surface area (Å²) in [5.74, 6) is -2.46. The quantitative estimate of drug-likeness (QED) is 0.251. The second-order valence-corrected chi connectivity index (χ2v) is 11.0. The van der Waals surface area contributed by atoms with E-state index >= 15 is 4.39 Å². The van der Waals surface area contributed by atoms with E-state index in [1.165, 1.54) is 12.3 Å². The van der Waals surface area contributed by atoms with Crippen LogP contribution in [0.5, 0.6) is 0 Å². The first-order valence-electron chi connectivity index (χ1n) is 11.8. The number of nitrogens with zero attached hydrogens (tertiary/aromatic N) is 2. The fourth-order valence-corrected chi connectivity index (χ4v) is 5.77. The number of carboxylic acids is 1. The second kappa shape index (κ2) is 10.5. The second-order valence-electron chi connectivity index (χ2n) is 9.18. The number of aromatic carboxylic acids is 1.